The van der Waals surface area contributed by atoms with Crippen molar-refractivity contribution in [2.75, 3.05) is 5.75 Å². The van der Waals surface area contributed by atoms with Gasteiger partial charge in [-0.3, -0.25) is 4.40 Å². The molecule has 3 heterocycles. The molecule has 8 nitrogen and oxygen atoms in total. The Morgan fingerprint density at radius 1 is 1.36 bits per heavy atom. The molecule has 0 aromatic carbocycles. The monoisotopic (exact) mass is 442 g/mol. The molecule has 11 heteroatoms. The highest BCUT2D eigenvalue weighted by Crippen LogP contribution is 2.53. The lowest BCUT2D eigenvalue weighted by Crippen LogP contribution is -2.35. The summed E-state index contributed by atoms with van der Waals surface area (Å²) in [7, 11) is -3.43. The third-order valence-corrected chi connectivity index (χ3v) is 8.36. The van der Waals surface area contributed by atoms with Gasteiger partial charge in [-0.2, -0.15) is 0 Å². The first-order valence-corrected chi connectivity index (χ1v) is 11.7. The molecular formula is C17H20Cl2N6O2S. The molecule has 5 rings (SSSR count). The smallest absolute Gasteiger partial charge is 0.212 e. The van der Waals surface area contributed by atoms with Crippen LogP contribution in [0.3, 0.4) is 0 Å². The summed E-state index contributed by atoms with van der Waals surface area (Å²) in [6.45, 7) is 2.12. The van der Waals surface area contributed by atoms with E-state index >= 15 is 0 Å². The van der Waals surface area contributed by atoms with Gasteiger partial charge < -0.3 is 4.98 Å². The van der Waals surface area contributed by atoms with Gasteiger partial charge >= 0.3 is 0 Å². The Kier molecular flexibility index (Phi) is 4.18. The van der Waals surface area contributed by atoms with Gasteiger partial charge in [-0.1, -0.05) is 6.92 Å². The molecule has 2 aliphatic carbocycles. The third kappa shape index (κ3) is 3.18. The minimum atomic E-state index is -3.43. The molecule has 2 saturated carbocycles. The van der Waals surface area contributed by atoms with Crippen LogP contribution in [0.25, 0.3) is 16.8 Å². The number of sulfonamides is 1. The number of nitrogens with one attached hydrogen (secondary N) is 2. The highest BCUT2D eigenvalue weighted by molar-refractivity contribution is 7.89. The maximum atomic E-state index is 12.5. The van der Waals surface area contributed by atoms with Crippen LogP contribution < -0.4 is 4.72 Å². The molecule has 3 aromatic heterocycles. The Labute approximate surface area is 172 Å². The van der Waals surface area contributed by atoms with Crippen molar-refractivity contribution in [2.45, 2.75) is 42.5 Å². The molecule has 28 heavy (non-hydrogen) atoms. The van der Waals surface area contributed by atoms with Crippen molar-refractivity contribution >= 4 is 50.0 Å². The van der Waals surface area contributed by atoms with Gasteiger partial charge in [-0.15, -0.1) is 33.4 Å². The van der Waals surface area contributed by atoms with Crippen LogP contribution in [0.2, 0.25) is 0 Å². The SMILES string of the molecule is CC1CC(NS(=O)(=O)CC2CC2(Cl)Cl)CC1c1nnc2cnc3[nH]ccc3n12. The molecule has 0 amide bonds. The molecular weight excluding hydrogens is 423 g/mol. The minimum Gasteiger partial charge on any atom is -0.345 e. The lowest BCUT2D eigenvalue weighted by Gasteiger charge is -2.14. The van der Waals surface area contributed by atoms with Crippen LogP contribution in [-0.2, 0) is 10.0 Å². The number of hydrogen-bond donors (Lipinski definition) is 2. The second kappa shape index (κ2) is 6.29. The average Bonchev–Trinajstić information content (AvgIpc) is 3.06. The Morgan fingerprint density at radius 3 is 2.89 bits per heavy atom. The van der Waals surface area contributed by atoms with Crippen molar-refractivity contribution in [3.63, 3.8) is 0 Å². The van der Waals surface area contributed by atoms with Crippen LogP contribution in [-0.4, -0.2) is 49.1 Å². The maximum absolute atomic E-state index is 12.5. The van der Waals surface area contributed by atoms with E-state index in [4.69, 9.17) is 23.2 Å². The van der Waals surface area contributed by atoms with Gasteiger partial charge in [-0.05, 0) is 31.2 Å². The van der Waals surface area contributed by atoms with E-state index in [1.54, 1.807) is 6.20 Å². The molecule has 0 aliphatic heterocycles. The third-order valence-electron chi connectivity index (χ3n) is 5.90. The highest BCUT2D eigenvalue weighted by atomic mass is 35.5. The Bertz CT molecular complexity index is 1160. The van der Waals surface area contributed by atoms with Gasteiger partial charge in [0.1, 0.15) is 10.2 Å². The molecule has 0 bridgehead atoms. The number of nitrogens with zero attached hydrogens (tertiary/aromatic N) is 4. The predicted molar refractivity (Wildman–Crippen MR) is 107 cm³/mol. The van der Waals surface area contributed by atoms with E-state index in [1.165, 1.54) is 0 Å². The van der Waals surface area contributed by atoms with Crippen LogP contribution in [0.1, 0.15) is 37.9 Å². The fourth-order valence-electron chi connectivity index (χ4n) is 4.36. The van der Waals surface area contributed by atoms with E-state index in [0.29, 0.717) is 18.5 Å². The molecule has 2 aliphatic rings. The normalized spacial score (nSPS) is 29.7. The van der Waals surface area contributed by atoms with Crippen molar-refractivity contribution in [3.8, 4) is 0 Å². The summed E-state index contributed by atoms with van der Waals surface area (Å²) in [6.07, 6.45) is 5.47. The van der Waals surface area contributed by atoms with Gasteiger partial charge in [0.15, 0.2) is 11.3 Å². The van der Waals surface area contributed by atoms with Crippen molar-refractivity contribution in [2.24, 2.45) is 11.8 Å². The number of fused-ring (bicyclic) bond motifs is 3. The second-order valence-corrected chi connectivity index (χ2v) is 11.4. The fraction of sp³-hybridized carbons (Fsp3) is 0.588. The molecule has 4 unspecified atom stereocenters. The maximum Gasteiger partial charge on any atom is 0.212 e. The lowest BCUT2D eigenvalue weighted by molar-refractivity contribution is 0.505. The van der Waals surface area contributed by atoms with Crippen LogP contribution in [0.15, 0.2) is 18.5 Å². The highest BCUT2D eigenvalue weighted by Gasteiger charge is 2.53. The molecule has 0 radical (unpaired) electrons. The van der Waals surface area contributed by atoms with Gasteiger partial charge in [0.25, 0.3) is 0 Å². The van der Waals surface area contributed by atoms with Crippen molar-refractivity contribution < 1.29 is 8.42 Å². The Morgan fingerprint density at radius 2 is 2.14 bits per heavy atom. The zero-order valence-corrected chi connectivity index (χ0v) is 17.5. The van der Waals surface area contributed by atoms with Crippen molar-refractivity contribution in [1.29, 1.82) is 0 Å². The van der Waals surface area contributed by atoms with Crippen LogP contribution in [0.5, 0.6) is 0 Å². The average molecular weight is 443 g/mol. The second-order valence-electron chi connectivity index (χ2n) is 8.03. The summed E-state index contributed by atoms with van der Waals surface area (Å²) in [5.74, 6) is 0.989. The molecule has 2 N–H and O–H groups in total. The predicted octanol–water partition coefficient (Wildman–Crippen LogP) is 2.60. The summed E-state index contributed by atoms with van der Waals surface area (Å²) in [6, 6.07) is 1.81. The summed E-state index contributed by atoms with van der Waals surface area (Å²) >= 11 is 12.0. The molecule has 0 saturated heterocycles. The van der Waals surface area contributed by atoms with Gasteiger partial charge in [-0.25, -0.2) is 18.1 Å². The number of aromatic nitrogens is 5. The molecule has 2 fully saturated rings. The van der Waals surface area contributed by atoms with E-state index in [2.05, 4.69) is 31.8 Å². The van der Waals surface area contributed by atoms with E-state index in [9.17, 15) is 8.42 Å². The lowest BCUT2D eigenvalue weighted by atomic mass is 9.97. The zero-order chi connectivity index (χ0) is 19.7. The quantitative estimate of drug-likeness (QED) is 0.590. The van der Waals surface area contributed by atoms with Crippen molar-refractivity contribution in [1.82, 2.24) is 29.3 Å². The number of alkyl halides is 2. The van der Waals surface area contributed by atoms with Gasteiger partial charge in [0, 0.05) is 24.1 Å². The summed E-state index contributed by atoms with van der Waals surface area (Å²) < 4.78 is 29.0. The first-order chi connectivity index (χ1) is 13.2. The first-order valence-electron chi connectivity index (χ1n) is 9.28. The number of rotatable bonds is 5. The van der Waals surface area contributed by atoms with Crippen molar-refractivity contribution in [3.05, 3.63) is 24.3 Å². The van der Waals surface area contributed by atoms with E-state index in [1.807, 2.05) is 16.7 Å². The largest absolute Gasteiger partial charge is 0.345 e. The van der Waals surface area contributed by atoms with E-state index < -0.39 is 14.4 Å². The van der Waals surface area contributed by atoms with E-state index in [-0.39, 0.29) is 29.5 Å². The number of H-pyrrole nitrogens is 1. The van der Waals surface area contributed by atoms with Gasteiger partial charge in [0.05, 0.1) is 17.5 Å². The van der Waals surface area contributed by atoms with Crippen LogP contribution in [0, 0.1) is 11.8 Å². The number of hydrogen-bond acceptors (Lipinski definition) is 5. The topological polar surface area (TPSA) is 105 Å². The molecule has 4 atom stereocenters. The van der Waals surface area contributed by atoms with E-state index in [0.717, 1.165) is 23.4 Å². The van der Waals surface area contributed by atoms with Crippen LogP contribution >= 0.6 is 23.2 Å². The standard InChI is InChI=1S/C17H20Cl2N6O2S/c1-9-4-11(24-28(26,27)8-10-6-17(10,18)19)5-12(9)16-23-22-14-7-21-15-13(25(14)16)2-3-20-15/h2-3,7,9-12,20,24H,4-6,8H2,1H3. The molecule has 150 valence electrons. The number of aromatic amines is 1. The zero-order valence-electron chi connectivity index (χ0n) is 15.1. The Balaban J connectivity index is 1.38. The first kappa shape index (κ1) is 18.6. The Hall–Kier alpha value is -1.42. The summed E-state index contributed by atoms with van der Waals surface area (Å²) in [4.78, 5) is 7.45. The fourth-order valence-corrected chi connectivity index (χ4v) is 6.80. The minimum absolute atomic E-state index is 0.0287. The molecule has 3 aromatic rings. The summed E-state index contributed by atoms with van der Waals surface area (Å²) in [5, 5.41) is 8.67. The summed E-state index contributed by atoms with van der Waals surface area (Å²) in [5.41, 5.74) is 2.38. The van der Waals surface area contributed by atoms with Gasteiger partial charge in [0.2, 0.25) is 10.0 Å². The van der Waals surface area contributed by atoms with Crippen LogP contribution in [0.4, 0.5) is 0 Å². The number of halogens is 2. The molecule has 0 spiro atoms.